The quantitative estimate of drug-likeness (QED) is 0.845. The summed E-state index contributed by atoms with van der Waals surface area (Å²) in [4.78, 5) is 32.8. The van der Waals surface area contributed by atoms with Crippen LogP contribution in [0.15, 0.2) is 41.9 Å². The van der Waals surface area contributed by atoms with Gasteiger partial charge in [0.15, 0.2) is 5.13 Å². The van der Waals surface area contributed by atoms with Crippen LogP contribution in [0.25, 0.3) is 0 Å². The number of aromatic nitrogens is 1. The van der Waals surface area contributed by atoms with Gasteiger partial charge in [-0.25, -0.2) is 4.98 Å². The zero-order chi connectivity index (χ0) is 18.4. The monoisotopic (exact) mass is 372 g/mol. The van der Waals surface area contributed by atoms with E-state index in [4.69, 9.17) is 0 Å². The Balaban J connectivity index is 1.43. The Hall–Kier alpha value is -2.25. The van der Waals surface area contributed by atoms with Crippen molar-refractivity contribution in [1.82, 2.24) is 14.8 Å². The van der Waals surface area contributed by atoms with Gasteiger partial charge in [-0.05, 0) is 18.9 Å². The number of nitrogens with zero attached hydrogens (tertiary/aromatic N) is 3. The first kappa shape index (κ1) is 18.5. The van der Waals surface area contributed by atoms with Gasteiger partial charge in [0.2, 0.25) is 11.8 Å². The molecule has 1 saturated heterocycles. The van der Waals surface area contributed by atoms with Gasteiger partial charge in [0, 0.05) is 44.2 Å². The maximum atomic E-state index is 12.4. The lowest BCUT2D eigenvalue weighted by Crippen LogP contribution is -2.54. The smallest absolute Gasteiger partial charge is 0.243 e. The van der Waals surface area contributed by atoms with Gasteiger partial charge in [-0.2, -0.15) is 0 Å². The molecule has 6 nitrogen and oxygen atoms in total. The van der Waals surface area contributed by atoms with E-state index in [9.17, 15) is 9.59 Å². The molecule has 1 aliphatic heterocycles. The average Bonchev–Trinajstić information content (AvgIpc) is 3.19. The van der Waals surface area contributed by atoms with E-state index in [1.54, 1.807) is 6.20 Å². The zero-order valence-electron chi connectivity index (χ0n) is 14.9. The highest BCUT2D eigenvalue weighted by Crippen LogP contribution is 2.14. The molecule has 0 radical (unpaired) electrons. The minimum Gasteiger partial charge on any atom is -0.340 e. The van der Waals surface area contributed by atoms with Gasteiger partial charge in [0.1, 0.15) is 0 Å². The molecule has 0 bridgehead atoms. The number of anilines is 1. The van der Waals surface area contributed by atoms with Crippen molar-refractivity contribution >= 4 is 28.3 Å². The van der Waals surface area contributed by atoms with E-state index in [1.807, 2.05) is 47.5 Å². The van der Waals surface area contributed by atoms with E-state index in [2.05, 4.69) is 15.2 Å². The Bertz CT molecular complexity index is 712. The maximum absolute atomic E-state index is 12.4. The number of nitrogens with one attached hydrogen (secondary N) is 1. The topological polar surface area (TPSA) is 65.5 Å². The third kappa shape index (κ3) is 4.89. The van der Waals surface area contributed by atoms with Crippen LogP contribution >= 0.6 is 11.3 Å². The number of hydrogen-bond donors (Lipinski definition) is 1. The molecule has 2 amide bonds. The third-order valence-electron chi connectivity index (χ3n) is 4.73. The number of benzene rings is 1. The number of hydrogen-bond acceptors (Lipinski definition) is 5. The van der Waals surface area contributed by atoms with Gasteiger partial charge in [0.05, 0.1) is 6.04 Å². The van der Waals surface area contributed by atoms with Crippen LogP contribution < -0.4 is 5.32 Å². The fourth-order valence-corrected chi connectivity index (χ4v) is 3.61. The predicted octanol–water partition coefficient (Wildman–Crippen LogP) is 2.25. The van der Waals surface area contributed by atoms with Crippen molar-refractivity contribution in [3.05, 3.63) is 47.5 Å². The van der Waals surface area contributed by atoms with E-state index in [0.717, 1.165) is 6.42 Å². The molecule has 0 aliphatic carbocycles. The highest BCUT2D eigenvalue weighted by molar-refractivity contribution is 7.13. The highest BCUT2D eigenvalue weighted by atomic mass is 32.1. The summed E-state index contributed by atoms with van der Waals surface area (Å²) < 4.78 is 0. The second-order valence-electron chi connectivity index (χ2n) is 6.40. The molecule has 1 aromatic carbocycles. The number of carbonyl (C=O) groups is 2. The number of amides is 2. The SMILES string of the molecule is C[C@H](C(=O)Nc1nccs1)N1CCN(C(=O)CCc2ccccc2)CC1. The number of piperazine rings is 1. The van der Waals surface area contributed by atoms with E-state index in [1.165, 1.54) is 16.9 Å². The van der Waals surface area contributed by atoms with Crippen LogP contribution in [0.3, 0.4) is 0 Å². The zero-order valence-corrected chi connectivity index (χ0v) is 15.7. The predicted molar refractivity (Wildman–Crippen MR) is 103 cm³/mol. The number of carbonyl (C=O) groups excluding carboxylic acids is 2. The Morgan fingerprint density at radius 1 is 1.19 bits per heavy atom. The molecule has 1 aromatic heterocycles. The molecule has 1 aliphatic rings. The van der Waals surface area contributed by atoms with Crippen molar-refractivity contribution in [3.8, 4) is 0 Å². The van der Waals surface area contributed by atoms with Gasteiger partial charge in [-0.3, -0.25) is 14.5 Å². The Morgan fingerprint density at radius 3 is 2.58 bits per heavy atom. The molecule has 0 spiro atoms. The number of aryl methyl sites for hydroxylation is 1. The Kier molecular flexibility index (Phi) is 6.35. The largest absolute Gasteiger partial charge is 0.340 e. The fraction of sp³-hybridized carbons (Fsp3) is 0.421. The molecule has 2 heterocycles. The third-order valence-corrected chi connectivity index (χ3v) is 5.42. The van der Waals surface area contributed by atoms with Crippen molar-refractivity contribution in [1.29, 1.82) is 0 Å². The normalized spacial score (nSPS) is 16.3. The van der Waals surface area contributed by atoms with E-state index >= 15 is 0 Å². The summed E-state index contributed by atoms with van der Waals surface area (Å²) in [6.07, 6.45) is 2.97. The van der Waals surface area contributed by atoms with Crippen LogP contribution in [-0.2, 0) is 16.0 Å². The molecule has 1 fully saturated rings. The standard InChI is InChI=1S/C19H24N4O2S/c1-15(18(25)21-19-20-9-14-26-19)22-10-12-23(13-11-22)17(24)8-7-16-5-3-2-4-6-16/h2-6,9,14-15H,7-8,10-13H2,1H3,(H,20,21,25)/t15-/m1/s1. The number of thiazole rings is 1. The van der Waals surface area contributed by atoms with Gasteiger partial charge < -0.3 is 10.2 Å². The summed E-state index contributed by atoms with van der Waals surface area (Å²) in [6.45, 7) is 4.66. The lowest BCUT2D eigenvalue weighted by atomic mass is 10.1. The van der Waals surface area contributed by atoms with E-state index in [-0.39, 0.29) is 17.9 Å². The van der Waals surface area contributed by atoms with Gasteiger partial charge in [-0.15, -0.1) is 11.3 Å². The summed E-state index contributed by atoms with van der Waals surface area (Å²) >= 11 is 1.41. The summed E-state index contributed by atoms with van der Waals surface area (Å²) in [5, 5.41) is 5.29. The van der Waals surface area contributed by atoms with E-state index in [0.29, 0.717) is 37.7 Å². The highest BCUT2D eigenvalue weighted by Gasteiger charge is 2.27. The molecule has 1 N–H and O–H groups in total. The van der Waals surface area contributed by atoms with E-state index < -0.39 is 0 Å². The van der Waals surface area contributed by atoms with Crippen molar-refractivity contribution in [2.75, 3.05) is 31.5 Å². The minimum absolute atomic E-state index is 0.0520. The second kappa shape index (κ2) is 8.91. The first-order valence-electron chi connectivity index (χ1n) is 8.89. The lowest BCUT2D eigenvalue weighted by Gasteiger charge is -2.37. The van der Waals surface area contributed by atoms with Gasteiger partial charge >= 0.3 is 0 Å². The van der Waals surface area contributed by atoms with Crippen LogP contribution in [-0.4, -0.2) is 58.8 Å². The molecule has 1 atom stereocenters. The van der Waals surface area contributed by atoms with Crippen LogP contribution in [0.5, 0.6) is 0 Å². The molecule has 3 rings (SSSR count). The molecular weight excluding hydrogens is 348 g/mol. The van der Waals surface area contributed by atoms with Gasteiger partial charge in [0.25, 0.3) is 0 Å². The molecule has 26 heavy (non-hydrogen) atoms. The fourth-order valence-electron chi connectivity index (χ4n) is 3.07. The van der Waals surface area contributed by atoms with Crippen molar-refractivity contribution in [3.63, 3.8) is 0 Å². The van der Waals surface area contributed by atoms with Crippen LogP contribution in [0, 0.1) is 0 Å². The average molecular weight is 372 g/mol. The van der Waals surface area contributed by atoms with Crippen LogP contribution in [0.4, 0.5) is 5.13 Å². The second-order valence-corrected chi connectivity index (χ2v) is 7.30. The summed E-state index contributed by atoms with van der Waals surface area (Å²) in [5.41, 5.74) is 1.19. The molecular formula is C19H24N4O2S. The van der Waals surface area contributed by atoms with Crippen molar-refractivity contribution in [2.24, 2.45) is 0 Å². The Labute approximate surface area is 157 Å². The minimum atomic E-state index is -0.236. The molecule has 138 valence electrons. The molecule has 2 aromatic rings. The van der Waals surface area contributed by atoms with Crippen LogP contribution in [0.2, 0.25) is 0 Å². The number of rotatable bonds is 6. The Morgan fingerprint density at radius 2 is 1.92 bits per heavy atom. The van der Waals surface area contributed by atoms with Gasteiger partial charge in [-0.1, -0.05) is 30.3 Å². The lowest BCUT2D eigenvalue weighted by molar-refractivity contribution is -0.133. The summed E-state index contributed by atoms with van der Waals surface area (Å²) in [5.74, 6) is 0.136. The maximum Gasteiger partial charge on any atom is 0.243 e. The summed E-state index contributed by atoms with van der Waals surface area (Å²) in [7, 11) is 0. The molecule has 7 heteroatoms. The van der Waals surface area contributed by atoms with Crippen molar-refractivity contribution < 1.29 is 9.59 Å². The first-order valence-corrected chi connectivity index (χ1v) is 9.77. The molecule has 0 saturated carbocycles. The van der Waals surface area contributed by atoms with Crippen LogP contribution in [0.1, 0.15) is 18.9 Å². The first-order chi connectivity index (χ1) is 12.6. The summed E-state index contributed by atoms with van der Waals surface area (Å²) in [6, 6.07) is 9.84. The van der Waals surface area contributed by atoms with Crippen molar-refractivity contribution in [2.45, 2.75) is 25.8 Å². The molecule has 0 unspecified atom stereocenters.